The highest BCUT2D eigenvalue weighted by molar-refractivity contribution is 5.90. The zero-order valence-electron chi connectivity index (χ0n) is 7.13. The number of hydrogen-bond acceptors (Lipinski definition) is 3. The highest BCUT2D eigenvalue weighted by Crippen LogP contribution is 2.05. The molecule has 66 valence electrons. The fraction of sp³-hybridized carbons (Fsp3) is 0.429. The Kier molecular flexibility index (Phi) is 2.82. The minimum Gasteiger partial charge on any atom is -0.360 e. The highest BCUT2D eigenvalue weighted by atomic mass is 16.5. The van der Waals surface area contributed by atoms with Gasteiger partial charge in [-0.05, 0) is 6.92 Å². The van der Waals surface area contributed by atoms with E-state index in [0.717, 1.165) is 0 Å². The van der Waals surface area contributed by atoms with E-state index < -0.39 is 0 Å². The molecule has 0 spiro atoms. The van der Waals surface area contributed by atoms with Crippen LogP contribution in [0.1, 0.15) is 5.76 Å². The van der Waals surface area contributed by atoms with Crippen LogP contribution in [0, 0.1) is 6.92 Å². The molecule has 1 heterocycles. The lowest BCUT2D eigenvalue weighted by molar-refractivity contribution is -0.615. The molecule has 1 aromatic rings. The lowest BCUT2D eigenvalue weighted by Gasteiger charge is -1.95. The van der Waals surface area contributed by atoms with Crippen LogP contribution in [0.2, 0.25) is 0 Å². The van der Waals surface area contributed by atoms with Crippen molar-refractivity contribution in [3.8, 4) is 0 Å². The SMILES string of the molecule is C[NH2+]CC(=O)Nc1cc(C)on1. The van der Waals surface area contributed by atoms with Crippen LogP contribution in [-0.4, -0.2) is 24.7 Å². The summed E-state index contributed by atoms with van der Waals surface area (Å²) in [7, 11) is 1.83. The van der Waals surface area contributed by atoms with Gasteiger partial charge in [0, 0.05) is 6.07 Å². The maximum absolute atomic E-state index is 11.0. The van der Waals surface area contributed by atoms with Crippen molar-refractivity contribution in [1.29, 1.82) is 0 Å². The average Bonchev–Trinajstić information content (AvgIpc) is 2.36. The van der Waals surface area contributed by atoms with Crippen LogP contribution < -0.4 is 10.6 Å². The molecule has 1 rings (SSSR count). The van der Waals surface area contributed by atoms with Gasteiger partial charge in [0.2, 0.25) is 0 Å². The number of anilines is 1. The van der Waals surface area contributed by atoms with Gasteiger partial charge in [-0.15, -0.1) is 0 Å². The number of nitrogens with two attached hydrogens (primary N) is 1. The summed E-state index contributed by atoms with van der Waals surface area (Å²) >= 11 is 0. The Morgan fingerprint density at radius 1 is 1.83 bits per heavy atom. The molecule has 0 unspecified atom stereocenters. The third kappa shape index (κ3) is 2.35. The number of carbonyl (C=O) groups is 1. The highest BCUT2D eigenvalue weighted by Gasteiger charge is 2.05. The molecule has 0 atom stereocenters. The van der Waals surface area contributed by atoms with Crippen LogP contribution in [0.5, 0.6) is 0 Å². The number of aromatic nitrogens is 1. The van der Waals surface area contributed by atoms with E-state index in [4.69, 9.17) is 4.52 Å². The van der Waals surface area contributed by atoms with Gasteiger partial charge in [-0.25, -0.2) is 0 Å². The van der Waals surface area contributed by atoms with E-state index in [0.29, 0.717) is 18.1 Å². The minimum absolute atomic E-state index is 0.0780. The van der Waals surface area contributed by atoms with Crippen LogP contribution in [0.4, 0.5) is 5.82 Å². The smallest absolute Gasteiger partial charge is 0.280 e. The van der Waals surface area contributed by atoms with Crippen molar-refractivity contribution in [3.05, 3.63) is 11.8 Å². The minimum atomic E-state index is -0.0780. The second-order valence-electron chi connectivity index (χ2n) is 2.48. The summed E-state index contributed by atoms with van der Waals surface area (Å²) in [4.78, 5) is 11.0. The summed E-state index contributed by atoms with van der Waals surface area (Å²) in [6, 6.07) is 1.67. The normalized spacial score (nSPS) is 9.83. The molecule has 1 aromatic heterocycles. The van der Waals surface area contributed by atoms with Crippen molar-refractivity contribution in [2.45, 2.75) is 6.92 Å². The van der Waals surface area contributed by atoms with Gasteiger partial charge in [0.05, 0.1) is 7.05 Å². The van der Waals surface area contributed by atoms with Crippen LogP contribution in [0.15, 0.2) is 10.6 Å². The summed E-state index contributed by atoms with van der Waals surface area (Å²) in [5, 5.41) is 7.99. The van der Waals surface area contributed by atoms with Crippen molar-refractivity contribution in [1.82, 2.24) is 5.16 Å². The van der Waals surface area contributed by atoms with Gasteiger partial charge in [0.1, 0.15) is 5.76 Å². The Hall–Kier alpha value is -1.36. The van der Waals surface area contributed by atoms with Gasteiger partial charge >= 0.3 is 0 Å². The Balaban J connectivity index is 2.46. The maximum Gasteiger partial charge on any atom is 0.280 e. The number of amides is 1. The first-order valence-corrected chi connectivity index (χ1v) is 3.73. The number of likely N-dealkylation sites (N-methyl/N-ethyl adjacent to an activating group) is 1. The molecule has 0 bridgehead atoms. The molecule has 12 heavy (non-hydrogen) atoms. The lowest BCUT2D eigenvalue weighted by atomic mass is 10.5. The van der Waals surface area contributed by atoms with Crippen molar-refractivity contribution < 1.29 is 14.6 Å². The monoisotopic (exact) mass is 170 g/mol. The fourth-order valence-corrected chi connectivity index (χ4v) is 0.805. The Labute approximate surface area is 70.1 Å². The first-order chi connectivity index (χ1) is 5.72. The summed E-state index contributed by atoms with van der Waals surface area (Å²) < 4.78 is 4.77. The van der Waals surface area contributed by atoms with Crippen LogP contribution >= 0.6 is 0 Å². The van der Waals surface area contributed by atoms with Crippen LogP contribution in [0.25, 0.3) is 0 Å². The van der Waals surface area contributed by atoms with Crippen molar-refractivity contribution in [2.24, 2.45) is 0 Å². The van der Waals surface area contributed by atoms with Gasteiger partial charge < -0.3 is 15.2 Å². The Morgan fingerprint density at radius 2 is 2.58 bits per heavy atom. The van der Waals surface area contributed by atoms with Gasteiger partial charge in [-0.1, -0.05) is 5.16 Å². The average molecular weight is 170 g/mol. The predicted molar refractivity (Wildman–Crippen MR) is 42.6 cm³/mol. The predicted octanol–water partition coefficient (Wildman–Crippen LogP) is -0.885. The first kappa shape index (κ1) is 8.73. The zero-order chi connectivity index (χ0) is 8.97. The number of rotatable bonds is 3. The second kappa shape index (κ2) is 3.87. The molecule has 0 saturated heterocycles. The number of nitrogens with one attached hydrogen (secondary N) is 1. The van der Waals surface area contributed by atoms with Crippen molar-refractivity contribution in [2.75, 3.05) is 18.9 Å². The maximum atomic E-state index is 11.0. The molecule has 0 aliphatic rings. The standard InChI is InChI=1S/C7H11N3O2/c1-5-3-6(10-12-5)9-7(11)4-8-2/h3,8H,4H2,1-2H3,(H,9,10,11)/p+1. The summed E-state index contributed by atoms with van der Waals surface area (Å²) in [5.74, 6) is 1.08. The molecule has 0 radical (unpaired) electrons. The summed E-state index contributed by atoms with van der Waals surface area (Å²) in [6.07, 6.45) is 0. The lowest BCUT2D eigenvalue weighted by Crippen LogP contribution is -2.82. The topological polar surface area (TPSA) is 71.7 Å². The summed E-state index contributed by atoms with van der Waals surface area (Å²) in [5.41, 5.74) is 0. The van der Waals surface area contributed by atoms with Gasteiger partial charge in [-0.3, -0.25) is 4.79 Å². The van der Waals surface area contributed by atoms with Gasteiger partial charge in [-0.2, -0.15) is 0 Å². The van der Waals surface area contributed by atoms with Gasteiger partial charge in [0.25, 0.3) is 5.91 Å². The van der Waals surface area contributed by atoms with E-state index in [1.807, 2.05) is 7.05 Å². The molecule has 1 amide bonds. The second-order valence-corrected chi connectivity index (χ2v) is 2.48. The molecule has 0 fully saturated rings. The molecular weight excluding hydrogens is 158 g/mol. The molecule has 3 N–H and O–H groups in total. The van der Waals surface area contributed by atoms with Crippen molar-refractivity contribution in [3.63, 3.8) is 0 Å². The zero-order valence-corrected chi connectivity index (χ0v) is 7.13. The summed E-state index contributed by atoms with van der Waals surface area (Å²) in [6.45, 7) is 2.17. The quantitative estimate of drug-likeness (QED) is 0.618. The van der Waals surface area contributed by atoms with E-state index in [1.54, 1.807) is 18.3 Å². The van der Waals surface area contributed by atoms with Crippen molar-refractivity contribution >= 4 is 11.7 Å². The van der Waals surface area contributed by atoms with E-state index in [2.05, 4.69) is 10.5 Å². The fourth-order valence-electron chi connectivity index (χ4n) is 0.805. The number of hydrogen-bond donors (Lipinski definition) is 2. The van der Waals surface area contributed by atoms with E-state index in [9.17, 15) is 4.79 Å². The first-order valence-electron chi connectivity index (χ1n) is 3.73. The molecule has 5 nitrogen and oxygen atoms in total. The Morgan fingerprint density at radius 3 is 3.08 bits per heavy atom. The molecule has 0 saturated carbocycles. The molecule has 5 heteroatoms. The third-order valence-corrected chi connectivity index (χ3v) is 1.28. The van der Waals surface area contributed by atoms with Crippen LogP contribution in [0.3, 0.4) is 0 Å². The molecular formula is C7H12N3O2+. The largest absolute Gasteiger partial charge is 0.360 e. The molecule has 0 aliphatic carbocycles. The van der Waals surface area contributed by atoms with Gasteiger partial charge in [0.15, 0.2) is 12.4 Å². The molecule has 0 aliphatic heterocycles. The van der Waals surface area contributed by atoms with Crippen LogP contribution in [-0.2, 0) is 4.79 Å². The number of quaternary nitrogens is 1. The molecule has 0 aromatic carbocycles. The third-order valence-electron chi connectivity index (χ3n) is 1.28. The Bertz CT molecular complexity index is 269. The number of carbonyl (C=O) groups excluding carboxylic acids is 1. The number of nitrogens with zero attached hydrogens (tertiary/aromatic N) is 1. The number of aryl methyl sites for hydroxylation is 1. The van der Waals surface area contributed by atoms with E-state index in [-0.39, 0.29) is 5.91 Å². The van der Waals surface area contributed by atoms with E-state index >= 15 is 0 Å². The van der Waals surface area contributed by atoms with E-state index in [1.165, 1.54) is 0 Å².